The van der Waals surface area contributed by atoms with Gasteiger partial charge in [-0.25, -0.2) is 0 Å². The normalized spacial score (nSPS) is 10.8. The first-order chi connectivity index (χ1) is 29.8. The monoisotopic (exact) mass is 858 g/mol. The number of halogens is 2. The number of aliphatic hydroxyl groups is 2. The number of nitriles is 2. The van der Waals surface area contributed by atoms with E-state index >= 15 is 0 Å². The molecule has 14 heteroatoms. The van der Waals surface area contributed by atoms with E-state index in [-0.39, 0.29) is 39.6 Å². The fraction of sp³-hybridized carbons (Fsp3) is 0.234. The van der Waals surface area contributed by atoms with Gasteiger partial charge in [-0.15, -0.1) is 0 Å². The largest absolute Gasteiger partial charge is 0.487 e. The fourth-order valence-electron chi connectivity index (χ4n) is 6.42. The van der Waals surface area contributed by atoms with Gasteiger partial charge < -0.3 is 39.8 Å². The molecule has 0 unspecified atom stereocenters. The number of pyridine rings is 2. The van der Waals surface area contributed by atoms with Crippen molar-refractivity contribution in [2.24, 2.45) is 0 Å². The molecule has 61 heavy (non-hydrogen) atoms. The Kier molecular flexibility index (Phi) is 16.3. The highest BCUT2D eigenvalue weighted by Gasteiger charge is 2.17. The lowest BCUT2D eigenvalue weighted by Crippen LogP contribution is -2.18. The van der Waals surface area contributed by atoms with Crippen LogP contribution in [0, 0.1) is 29.6 Å². The van der Waals surface area contributed by atoms with E-state index in [0.29, 0.717) is 81.7 Å². The van der Waals surface area contributed by atoms with Crippen LogP contribution >= 0.6 is 23.2 Å². The molecule has 0 atom stereocenters. The summed E-state index contributed by atoms with van der Waals surface area (Å²) in [7, 11) is 0. The smallest absolute Gasteiger partial charge is 0.142 e. The zero-order valence-corrected chi connectivity index (χ0v) is 35.0. The molecular formula is C47H44Cl2N6O6. The number of ether oxygens (including phenoxy) is 4. The fourth-order valence-corrected chi connectivity index (χ4v) is 6.90. The van der Waals surface area contributed by atoms with Crippen molar-refractivity contribution in [3.8, 4) is 46.3 Å². The average molecular weight is 860 g/mol. The summed E-state index contributed by atoms with van der Waals surface area (Å²) >= 11 is 13.5. The van der Waals surface area contributed by atoms with Crippen molar-refractivity contribution < 1.29 is 29.2 Å². The molecule has 0 bridgehead atoms. The minimum absolute atomic E-state index is 0.0196. The van der Waals surface area contributed by atoms with E-state index in [1.807, 2.05) is 37.3 Å². The van der Waals surface area contributed by atoms with E-state index in [2.05, 4.69) is 44.9 Å². The second-order valence-corrected chi connectivity index (χ2v) is 14.6. The molecule has 6 aromatic rings. The predicted molar refractivity (Wildman–Crippen MR) is 232 cm³/mol. The molecular weight excluding hydrogens is 815 g/mol. The molecule has 0 saturated carbocycles. The molecule has 0 spiro atoms. The Balaban J connectivity index is 1.16. The van der Waals surface area contributed by atoms with Crippen molar-refractivity contribution in [2.75, 3.05) is 26.3 Å². The third-order valence-corrected chi connectivity index (χ3v) is 10.2. The third kappa shape index (κ3) is 12.0. The van der Waals surface area contributed by atoms with Gasteiger partial charge in [0.15, 0.2) is 0 Å². The van der Waals surface area contributed by atoms with E-state index in [1.54, 1.807) is 60.9 Å². The Morgan fingerprint density at radius 2 is 1.11 bits per heavy atom. The van der Waals surface area contributed by atoms with Gasteiger partial charge in [-0.1, -0.05) is 59.6 Å². The quantitative estimate of drug-likeness (QED) is 0.0515. The molecule has 0 aliphatic rings. The molecule has 0 radical (unpaired) electrons. The van der Waals surface area contributed by atoms with E-state index < -0.39 is 0 Å². The number of nitrogens with zero attached hydrogens (tertiary/aromatic N) is 4. The highest BCUT2D eigenvalue weighted by Crippen LogP contribution is 2.36. The number of rotatable bonds is 21. The van der Waals surface area contributed by atoms with Crippen LogP contribution in [0.2, 0.25) is 10.0 Å². The van der Waals surface area contributed by atoms with E-state index in [4.69, 9.17) is 42.1 Å². The van der Waals surface area contributed by atoms with Crippen molar-refractivity contribution in [2.45, 2.75) is 46.4 Å². The van der Waals surface area contributed by atoms with Crippen LogP contribution in [0.3, 0.4) is 0 Å². The van der Waals surface area contributed by atoms with Crippen LogP contribution in [0.4, 0.5) is 0 Å². The third-order valence-electron chi connectivity index (χ3n) is 9.65. The number of nitrogens with one attached hydrogen (secondary N) is 2. The van der Waals surface area contributed by atoms with E-state index in [1.165, 1.54) is 0 Å². The first kappa shape index (κ1) is 44.3. The average Bonchev–Trinajstić information content (AvgIpc) is 3.28. The van der Waals surface area contributed by atoms with Gasteiger partial charge in [-0.05, 0) is 77.2 Å². The molecule has 4 N–H and O–H groups in total. The van der Waals surface area contributed by atoms with Crippen LogP contribution < -0.4 is 29.6 Å². The molecule has 0 saturated heterocycles. The molecule has 0 aliphatic carbocycles. The van der Waals surface area contributed by atoms with Gasteiger partial charge in [0, 0.05) is 61.8 Å². The SMILES string of the molecule is Cc1c(COc2cc(OCc3ncccc3C#N)c(CNCCO)cc2Cl)cccc1-c1cccc(COc2cc(OCc3ncccc3C#N)c(CNCCO)cc2Cl)c1. The molecule has 2 aromatic heterocycles. The van der Waals surface area contributed by atoms with E-state index in [0.717, 1.165) is 38.9 Å². The van der Waals surface area contributed by atoms with Gasteiger partial charge in [-0.3, -0.25) is 9.97 Å². The number of benzene rings is 4. The first-order valence-electron chi connectivity index (χ1n) is 19.5. The van der Waals surface area contributed by atoms with Crippen molar-refractivity contribution >= 4 is 23.2 Å². The number of aromatic nitrogens is 2. The standard InChI is InChI=1S/C47H44Cl2N6O6/c1-31-36(28-59-47-22-45(38(20-41(47)49)26-53-15-17-57)61-30-43-35(24-51)10-5-13-55-43)8-3-11-39(31)33-7-2-6-32(18-33)27-58-46-21-44(37(19-40(46)48)25-52-14-16-56)60-29-42-34(23-50)9-4-12-54-42/h2-13,18-22,52-53,56-57H,14-17,25-30H2,1H3. The predicted octanol–water partition coefficient (Wildman–Crippen LogP) is 7.98. The van der Waals surface area contributed by atoms with Crippen molar-refractivity contribution in [3.63, 3.8) is 0 Å². The number of hydrogen-bond acceptors (Lipinski definition) is 12. The Morgan fingerprint density at radius 3 is 1.66 bits per heavy atom. The van der Waals surface area contributed by atoms with Gasteiger partial charge >= 0.3 is 0 Å². The molecule has 4 aromatic carbocycles. The van der Waals surface area contributed by atoms with Crippen LogP contribution in [-0.2, 0) is 39.5 Å². The lowest BCUT2D eigenvalue weighted by atomic mass is 9.95. The van der Waals surface area contributed by atoms with Gasteiger partial charge in [0.1, 0.15) is 61.6 Å². The lowest BCUT2D eigenvalue weighted by Gasteiger charge is -2.18. The summed E-state index contributed by atoms with van der Waals surface area (Å²) in [6.45, 7) is 4.17. The topological polar surface area (TPSA) is 175 Å². The molecule has 12 nitrogen and oxygen atoms in total. The Labute approximate surface area is 364 Å². The maximum atomic E-state index is 9.53. The summed E-state index contributed by atoms with van der Waals surface area (Å²) in [6.07, 6.45) is 3.23. The second-order valence-electron chi connectivity index (χ2n) is 13.7. The van der Waals surface area contributed by atoms with Crippen molar-refractivity contribution in [1.29, 1.82) is 10.5 Å². The van der Waals surface area contributed by atoms with Crippen LogP contribution in [0.15, 0.2) is 103 Å². The number of aliphatic hydroxyl groups excluding tert-OH is 2. The van der Waals surface area contributed by atoms with Crippen LogP contribution in [0.25, 0.3) is 11.1 Å². The van der Waals surface area contributed by atoms with Crippen LogP contribution in [0.5, 0.6) is 23.0 Å². The zero-order chi connectivity index (χ0) is 43.0. The maximum absolute atomic E-state index is 9.53. The summed E-state index contributed by atoms with van der Waals surface area (Å²) in [4.78, 5) is 8.62. The molecule has 6 rings (SSSR count). The summed E-state index contributed by atoms with van der Waals surface area (Å²) < 4.78 is 24.9. The highest BCUT2D eigenvalue weighted by atomic mass is 35.5. The second kappa shape index (κ2) is 22.4. The summed E-state index contributed by atoms with van der Waals surface area (Å²) in [6, 6.07) is 32.2. The lowest BCUT2D eigenvalue weighted by molar-refractivity contribution is 0.280. The number of hydrogen-bond donors (Lipinski definition) is 4. The van der Waals surface area contributed by atoms with Gasteiger partial charge in [0.2, 0.25) is 0 Å². The zero-order valence-electron chi connectivity index (χ0n) is 33.5. The minimum Gasteiger partial charge on any atom is -0.487 e. The van der Waals surface area contributed by atoms with Gasteiger partial charge in [-0.2, -0.15) is 10.5 Å². The molecule has 0 fully saturated rings. The van der Waals surface area contributed by atoms with Gasteiger partial charge in [0.25, 0.3) is 0 Å². The van der Waals surface area contributed by atoms with Crippen LogP contribution in [-0.4, -0.2) is 46.5 Å². The van der Waals surface area contributed by atoms with Crippen LogP contribution in [0.1, 0.15) is 50.3 Å². The van der Waals surface area contributed by atoms with Gasteiger partial charge in [0.05, 0.1) is 45.8 Å². The van der Waals surface area contributed by atoms with Crippen molar-refractivity contribution in [1.82, 2.24) is 20.6 Å². The molecule has 312 valence electrons. The minimum atomic E-state index is -0.0198. The summed E-state index contributed by atoms with van der Waals surface area (Å²) in [5, 5.41) is 44.7. The Morgan fingerprint density at radius 1 is 0.590 bits per heavy atom. The summed E-state index contributed by atoms with van der Waals surface area (Å²) in [5.74, 6) is 1.88. The molecule has 0 aliphatic heterocycles. The first-order valence-corrected chi connectivity index (χ1v) is 20.2. The maximum Gasteiger partial charge on any atom is 0.142 e. The summed E-state index contributed by atoms with van der Waals surface area (Å²) in [5.41, 5.74) is 8.30. The Bertz CT molecular complexity index is 2520. The highest BCUT2D eigenvalue weighted by molar-refractivity contribution is 6.32. The van der Waals surface area contributed by atoms with E-state index in [9.17, 15) is 20.7 Å². The molecule has 2 heterocycles. The molecule has 0 amide bonds. The van der Waals surface area contributed by atoms with Crippen molar-refractivity contribution in [3.05, 3.63) is 164 Å². The Hall–Kier alpha value is -6.22.